The lowest BCUT2D eigenvalue weighted by atomic mass is 9.97. The third-order valence-corrected chi connectivity index (χ3v) is 10.7. The van der Waals surface area contributed by atoms with Gasteiger partial charge < -0.3 is 8.98 Å². The normalized spacial score (nSPS) is 11.6. The van der Waals surface area contributed by atoms with Gasteiger partial charge in [0.25, 0.3) is 0 Å². The molecule has 5 nitrogen and oxygen atoms in total. The van der Waals surface area contributed by atoms with Crippen LogP contribution in [0.25, 0.3) is 106 Å². The Morgan fingerprint density at radius 3 is 1.46 bits per heavy atom. The van der Waals surface area contributed by atoms with Crippen molar-refractivity contribution in [1.29, 1.82) is 0 Å². The number of aromatic nitrogens is 4. The summed E-state index contributed by atoms with van der Waals surface area (Å²) in [5.41, 5.74) is 12.4. The van der Waals surface area contributed by atoms with E-state index in [4.69, 9.17) is 19.4 Å². The highest BCUT2D eigenvalue weighted by molar-refractivity contribution is 6.15. The van der Waals surface area contributed by atoms with Crippen molar-refractivity contribution in [2.24, 2.45) is 0 Å². The number of fused-ring (bicyclic) bond motifs is 6. The van der Waals surface area contributed by atoms with Crippen LogP contribution in [0.1, 0.15) is 0 Å². The molecule has 0 aliphatic heterocycles. The summed E-state index contributed by atoms with van der Waals surface area (Å²) in [6, 6.07) is 67.6. The van der Waals surface area contributed by atoms with Crippen molar-refractivity contribution in [2.75, 3.05) is 0 Å². The van der Waals surface area contributed by atoms with Crippen LogP contribution in [0.4, 0.5) is 0 Å². The minimum absolute atomic E-state index is 0.592. The molecule has 8 aromatic carbocycles. The van der Waals surface area contributed by atoms with E-state index in [1.807, 2.05) is 66.7 Å². The molecule has 0 saturated heterocycles. The van der Waals surface area contributed by atoms with Crippen LogP contribution in [0, 0.1) is 0 Å². The smallest absolute Gasteiger partial charge is 0.164 e. The van der Waals surface area contributed by atoms with Crippen molar-refractivity contribution >= 4 is 43.7 Å². The first kappa shape index (κ1) is 31.9. The zero-order valence-corrected chi connectivity index (χ0v) is 30.2. The second-order valence-corrected chi connectivity index (χ2v) is 14.0. The predicted octanol–water partition coefficient (Wildman–Crippen LogP) is 13.2. The molecule has 0 fully saturated rings. The third-order valence-electron chi connectivity index (χ3n) is 10.7. The maximum absolute atomic E-state index is 6.61. The quantitative estimate of drug-likeness (QED) is 0.172. The molecule has 56 heavy (non-hydrogen) atoms. The SMILES string of the molecule is c1ccc(-c2ccc3c4ccc(-c5cccc6oc7cc(-c8nc(-c9ccccc9)nc(-c9ccccc9)n8)ccc7c56)cc4n(-c4ccccc4)c3c2)cc1. The fourth-order valence-electron chi connectivity index (χ4n) is 7.99. The number of nitrogens with zero attached hydrogens (tertiary/aromatic N) is 4. The summed E-state index contributed by atoms with van der Waals surface area (Å²) in [5.74, 6) is 1.84. The van der Waals surface area contributed by atoms with Crippen LogP contribution in [0.3, 0.4) is 0 Å². The third kappa shape index (κ3) is 5.37. The molecule has 0 unspecified atom stereocenters. The number of rotatable bonds is 6. The Morgan fingerprint density at radius 1 is 0.339 bits per heavy atom. The van der Waals surface area contributed by atoms with Crippen LogP contribution in [0.15, 0.2) is 199 Å². The van der Waals surface area contributed by atoms with Crippen molar-refractivity contribution in [2.45, 2.75) is 0 Å². The highest BCUT2D eigenvalue weighted by Gasteiger charge is 2.19. The van der Waals surface area contributed by atoms with Crippen LogP contribution in [-0.4, -0.2) is 19.5 Å². The Bertz CT molecular complexity index is 3170. The second-order valence-electron chi connectivity index (χ2n) is 14.0. The largest absolute Gasteiger partial charge is 0.456 e. The lowest BCUT2D eigenvalue weighted by Gasteiger charge is -2.10. The summed E-state index contributed by atoms with van der Waals surface area (Å²) in [5, 5.41) is 4.55. The zero-order chi connectivity index (χ0) is 37.0. The van der Waals surface area contributed by atoms with Crippen molar-refractivity contribution in [3.63, 3.8) is 0 Å². The van der Waals surface area contributed by atoms with Crippen LogP contribution in [-0.2, 0) is 0 Å². The molecular weight excluding hydrogens is 685 g/mol. The monoisotopic (exact) mass is 716 g/mol. The molecule has 0 spiro atoms. The molecule has 0 saturated carbocycles. The van der Waals surface area contributed by atoms with Gasteiger partial charge in [0.05, 0.1) is 11.0 Å². The molecule has 3 heterocycles. The van der Waals surface area contributed by atoms with E-state index < -0.39 is 0 Å². The minimum atomic E-state index is 0.592. The van der Waals surface area contributed by atoms with Crippen molar-refractivity contribution in [3.05, 3.63) is 194 Å². The van der Waals surface area contributed by atoms with Gasteiger partial charge in [-0.3, -0.25) is 0 Å². The molecule has 0 atom stereocenters. The molecular formula is C51H32N4O. The van der Waals surface area contributed by atoms with Crippen LogP contribution in [0.2, 0.25) is 0 Å². The van der Waals surface area contributed by atoms with Crippen molar-refractivity contribution < 1.29 is 4.42 Å². The van der Waals surface area contributed by atoms with Gasteiger partial charge in [0, 0.05) is 43.9 Å². The Hall–Kier alpha value is -7.63. The number of hydrogen-bond acceptors (Lipinski definition) is 4. The van der Waals surface area contributed by atoms with Gasteiger partial charge in [-0.1, -0.05) is 152 Å². The molecule has 5 heteroatoms. The lowest BCUT2D eigenvalue weighted by Crippen LogP contribution is -2.00. The molecule has 0 bridgehead atoms. The second kappa shape index (κ2) is 13.0. The summed E-state index contributed by atoms with van der Waals surface area (Å²) in [4.78, 5) is 14.8. The van der Waals surface area contributed by atoms with E-state index >= 15 is 0 Å². The van der Waals surface area contributed by atoms with Crippen LogP contribution >= 0.6 is 0 Å². The van der Waals surface area contributed by atoms with E-state index in [-0.39, 0.29) is 0 Å². The van der Waals surface area contributed by atoms with Gasteiger partial charge in [-0.15, -0.1) is 0 Å². The van der Waals surface area contributed by atoms with E-state index in [0.29, 0.717) is 17.5 Å². The molecule has 3 aromatic heterocycles. The summed E-state index contributed by atoms with van der Waals surface area (Å²) in [6.07, 6.45) is 0. The molecule has 262 valence electrons. The van der Waals surface area contributed by atoms with Crippen molar-refractivity contribution in [3.8, 4) is 62.1 Å². The maximum Gasteiger partial charge on any atom is 0.164 e. The van der Waals surface area contributed by atoms with E-state index in [0.717, 1.165) is 61.0 Å². The topological polar surface area (TPSA) is 56.7 Å². The first-order valence-corrected chi connectivity index (χ1v) is 18.8. The number of para-hydroxylation sites is 1. The van der Waals surface area contributed by atoms with Gasteiger partial charge in [-0.2, -0.15) is 0 Å². The number of hydrogen-bond donors (Lipinski definition) is 0. The van der Waals surface area contributed by atoms with Gasteiger partial charge >= 0.3 is 0 Å². The average Bonchev–Trinajstić information content (AvgIpc) is 3.82. The maximum atomic E-state index is 6.61. The van der Waals surface area contributed by atoms with Gasteiger partial charge in [-0.25, -0.2) is 15.0 Å². The van der Waals surface area contributed by atoms with E-state index in [1.165, 1.54) is 27.4 Å². The zero-order valence-electron chi connectivity index (χ0n) is 30.2. The average molecular weight is 717 g/mol. The first-order valence-electron chi connectivity index (χ1n) is 18.8. The molecule has 0 radical (unpaired) electrons. The van der Waals surface area contributed by atoms with E-state index in [2.05, 4.69) is 132 Å². The fourth-order valence-corrected chi connectivity index (χ4v) is 7.99. The standard InChI is InChI=1S/C51H32N4O/c1-5-14-33(15-6-1)36-24-27-41-42-28-25-37(31-45(42)55(44(41)30-36)39-20-11-4-12-21-39)40-22-13-23-46-48(40)43-29-26-38(32-47(43)56-46)51-53-49(34-16-7-2-8-17-34)52-50(54-51)35-18-9-3-10-19-35/h1-32H. The Labute approximate surface area is 322 Å². The Kier molecular flexibility index (Phi) is 7.42. The summed E-state index contributed by atoms with van der Waals surface area (Å²) < 4.78 is 9.01. The van der Waals surface area contributed by atoms with Crippen LogP contribution < -0.4 is 0 Å². The molecule has 0 aliphatic rings. The molecule has 11 aromatic rings. The van der Waals surface area contributed by atoms with Gasteiger partial charge in [0.15, 0.2) is 17.5 Å². The molecule has 0 amide bonds. The van der Waals surface area contributed by atoms with Gasteiger partial charge in [-0.05, 0) is 64.7 Å². The highest BCUT2D eigenvalue weighted by atomic mass is 16.3. The summed E-state index contributed by atoms with van der Waals surface area (Å²) in [6.45, 7) is 0. The predicted molar refractivity (Wildman–Crippen MR) is 229 cm³/mol. The van der Waals surface area contributed by atoms with Crippen LogP contribution in [0.5, 0.6) is 0 Å². The van der Waals surface area contributed by atoms with E-state index in [1.54, 1.807) is 0 Å². The Balaban J connectivity index is 1.07. The van der Waals surface area contributed by atoms with Crippen molar-refractivity contribution in [1.82, 2.24) is 19.5 Å². The molecule has 11 rings (SSSR count). The highest BCUT2D eigenvalue weighted by Crippen LogP contribution is 2.41. The van der Waals surface area contributed by atoms with Gasteiger partial charge in [0.2, 0.25) is 0 Å². The summed E-state index contributed by atoms with van der Waals surface area (Å²) in [7, 11) is 0. The Morgan fingerprint density at radius 2 is 0.839 bits per heavy atom. The first-order chi connectivity index (χ1) is 27.7. The minimum Gasteiger partial charge on any atom is -0.456 e. The van der Waals surface area contributed by atoms with E-state index in [9.17, 15) is 0 Å². The van der Waals surface area contributed by atoms with Gasteiger partial charge in [0.1, 0.15) is 11.2 Å². The number of benzene rings is 8. The molecule has 0 N–H and O–H groups in total. The molecule has 0 aliphatic carbocycles. The lowest BCUT2D eigenvalue weighted by molar-refractivity contribution is 0.669. The fraction of sp³-hybridized carbons (Fsp3) is 0. The summed E-state index contributed by atoms with van der Waals surface area (Å²) >= 11 is 0. The number of furan rings is 1.